The highest BCUT2D eigenvalue weighted by Gasteiger charge is 2.04. The normalized spacial score (nSPS) is 11.0. The molecule has 0 aliphatic rings. The smallest absolute Gasteiger partial charge is 0.267 e. The highest BCUT2D eigenvalue weighted by molar-refractivity contribution is 6.32. The first-order chi connectivity index (χ1) is 10.7. The van der Waals surface area contributed by atoms with Crippen LogP contribution in [0, 0.1) is 0 Å². The number of hydrogen-bond acceptors (Lipinski definition) is 4. The van der Waals surface area contributed by atoms with Crippen molar-refractivity contribution in [3.8, 4) is 0 Å². The van der Waals surface area contributed by atoms with Crippen LogP contribution in [0.1, 0.15) is 15.9 Å². The fraction of sp³-hybridized carbons (Fsp3) is 0. The average Bonchev–Trinajstić information content (AvgIpc) is 2.56. The number of carbonyl (C=O) groups excluding carboxylic acids is 1. The Hall–Kier alpha value is -2.79. The number of nitrogens with zero attached hydrogens (tertiary/aromatic N) is 3. The van der Waals surface area contributed by atoms with Gasteiger partial charge >= 0.3 is 0 Å². The van der Waals surface area contributed by atoms with Crippen molar-refractivity contribution in [2.24, 2.45) is 5.10 Å². The van der Waals surface area contributed by atoms with Gasteiger partial charge in [0.1, 0.15) is 5.15 Å². The van der Waals surface area contributed by atoms with Crippen LogP contribution >= 0.6 is 11.6 Å². The summed E-state index contributed by atoms with van der Waals surface area (Å²) >= 11 is 6.11. The molecule has 108 valence electrons. The predicted octanol–water partition coefficient (Wildman–Crippen LogP) is 3.05. The quantitative estimate of drug-likeness (QED) is 0.459. The molecule has 0 bridgehead atoms. The van der Waals surface area contributed by atoms with E-state index in [0.29, 0.717) is 16.3 Å². The summed E-state index contributed by atoms with van der Waals surface area (Å²) in [6.45, 7) is 0. The molecule has 0 aliphatic heterocycles. The fourth-order valence-electron chi connectivity index (χ4n) is 1.92. The lowest BCUT2D eigenvalue weighted by Gasteiger charge is -2.02. The number of halogens is 1. The molecule has 0 fully saturated rings. The van der Waals surface area contributed by atoms with Crippen LogP contribution < -0.4 is 5.43 Å². The number of nitrogens with one attached hydrogen (secondary N) is 1. The molecule has 0 spiro atoms. The molecule has 1 amide bonds. The molecule has 0 atom stereocenters. The summed E-state index contributed by atoms with van der Waals surface area (Å²) in [6, 6.07) is 12.8. The number of fused-ring (bicyclic) bond motifs is 1. The maximum absolute atomic E-state index is 11.8. The number of amides is 1. The topological polar surface area (TPSA) is 67.2 Å². The van der Waals surface area contributed by atoms with Gasteiger partial charge in [0.15, 0.2) is 0 Å². The molecule has 1 N–H and O–H groups in total. The maximum atomic E-state index is 11.8. The molecule has 0 saturated heterocycles. The summed E-state index contributed by atoms with van der Waals surface area (Å²) in [5.74, 6) is -0.339. The van der Waals surface area contributed by atoms with Gasteiger partial charge in [0.25, 0.3) is 5.91 Å². The van der Waals surface area contributed by atoms with Gasteiger partial charge in [0.05, 0.1) is 17.3 Å². The predicted molar refractivity (Wildman–Crippen MR) is 86.1 cm³/mol. The highest BCUT2D eigenvalue weighted by Crippen LogP contribution is 2.18. The second kappa shape index (κ2) is 6.32. The summed E-state index contributed by atoms with van der Waals surface area (Å²) in [6.07, 6.45) is 4.53. The van der Waals surface area contributed by atoms with Crippen molar-refractivity contribution in [2.45, 2.75) is 0 Å². The number of hydrogen-bond donors (Lipinski definition) is 1. The van der Waals surface area contributed by atoms with E-state index in [9.17, 15) is 4.79 Å². The summed E-state index contributed by atoms with van der Waals surface area (Å²) in [5, 5.41) is 5.19. The van der Waals surface area contributed by atoms with Gasteiger partial charge in [-0.2, -0.15) is 5.10 Å². The summed E-state index contributed by atoms with van der Waals surface area (Å²) in [5.41, 5.74) is 4.30. The Morgan fingerprint density at radius 2 is 2.09 bits per heavy atom. The minimum atomic E-state index is -0.339. The van der Waals surface area contributed by atoms with E-state index in [1.165, 1.54) is 12.4 Å². The average molecular weight is 311 g/mol. The first-order valence-corrected chi connectivity index (χ1v) is 6.90. The zero-order chi connectivity index (χ0) is 15.4. The number of rotatable bonds is 3. The maximum Gasteiger partial charge on any atom is 0.272 e. The second-order valence-electron chi connectivity index (χ2n) is 4.50. The van der Waals surface area contributed by atoms with Gasteiger partial charge in [-0.15, -0.1) is 0 Å². The van der Waals surface area contributed by atoms with Crippen molar-refractivity contribution in [2.75, 3.05) is 0 Å². The molecule has 3 rings (SSSR count). The van der Waals surface area contributed by atoms with Crippen LogP contribution in [-0.2, 0) is 0 Å². The number of para-hydroxylation sites is 1. The van der Waals surface area contributed by atoms with Crippen molar-refractivity contribution in [1.29, 1.82) is 0 Å². The van der Waals surface area contributed by atoms with Crippen molar-refractivity contribution in [1.82, 2.24) is 15.4 Å². The number of benzene rings is 1. The molecule has 3 aromatic rings. The van der Waals surface area contributed by atoms with E-state index >= 15 is 0 Å². The first kappa shape index (κ1) is 14.2. The number of aromatic nitrogens is 2. The Morgan fingerprint density at radius 1 is 1.23 bits per heavy atom. The lowest BCUT2D eigenvalue weighted by Crippen LogP contribution is -2.17. The van der Waals surface area contributed by atoms with Crippen LogP contribution in [0.4, 0.5) is 0 Å². The van der Waals surface area contributed by atoms with Crippen molar-refractivity contribution >= 4 is 34.6 Å². The van der Waals surface area contributed by atoms with Crippen molar-refractivity contribution in [3.63, 3.8) is 0 Å². The molecule has 6 heteroatoms. The van der Waals surface area contributed by atoms with Crippen LogP contribution in [0.25, 0.3) is 10.9 Å². The van der Waals surface area contributed by atoms with Crippen LogP contribution in [0.5, 0.6) is 0 Å². The molecule has 22 heavy (non-hydrogen) atoms. The van der Waals surface area contributed by atoms with E-state index < -0.39 is 0 Å². The van der Waals surface area contributed by atoms with Crippen molar-refractivity contribution < 1.29 is 4.79 Å². The van der Waals surface area contributed by atoms with Crippen LogP contribution in [-0.4, -0.2) is 22.1 Å². The Morgan fingerprint density at radius 3 is 2.91 bits per heavy atom. The molecule has 0 unspecified atom stereocenters. The van der Waals surface area contributed by atoms with Gasteiger partial charge in [-0.3, -0.25) is 9.78 Å². The molecule has 5 nitrogen and oxygen atoms in total. The SMILES string of the molecule is O=C(N/N=C/c1cc2ccccc2nc1Cl)c1cccnc1. The number of pyridine rings is 2. The van der Waals surface area contributed by atoms with E-state index in [4.69, 9.17) is 11.6 Å². The van der Waals surface area contributed by atoms with Gasteiger partial charge in [-0.1, -0.05) is 29.8 Å². The summed E-state index contributed by atoms with van der Waals surface area (Å²) in [4.78, 5) is 20.0. The Balaban J connectivity index is 1.78. The van der Waals surface area contributed by atoms with E-state index in [1.54, 1.807) is 18.3 Å². The van der Waals surface area contributed by atoms with E-state index in [-0.39, 0.29) is 5.91 Å². The zero-order valence-corrected chi connectivity index (χ0v) is 12.2. The van der Waals surface area contributed by atoms with Gasteiger partial charge < -0.3 is 0 Å². The second-order valence-corrected chi connectivity index (χ2v) is 4.86. The third-order valence-electron chi connectivity index (χ3n) is 3.00. The number of carbonyl (C=O) groups is 1. The highest BCUT2D eigenvalue weighted by atomic mass is 35.5. The third kappa shape index (κ3) is 3.10. The molecular weight excluding hydrogens is 300 g/mol. The van der Waals surface area contributed by atoms with Gasteiger partial charge in [0.2, 0.25) is 0 Å². The molecule has 0 aliphatic carbocycles. The largest absolute Gasteiger partial charge is 0.272 e. The first-order valence-electron chi connectivity index (χ1n) is 6.53. The lowest BCUT2D eigenvalue weighted by atomic mass is 10.2. The zero-order valence-electron chi connectivity index (χ0n) is 11.4. The minimum Gasteiger partial charge on any atom is -0.267 e. The lowest BCUT2D eigenvalue weighted by molar-refractivity contribution is 0.0955. The number of hydrazone groups is 1. The Bertz CT molecular complexity index is 849. The van der Waals surface area contributed by atoms with E-state index in [2.05, 4.69) is 20.5 Å². The summed E-state index contributed by atoms with van der Waals surface area (Å²) in [7, 11) is 0. The third-order valence-corrected chi connectivity index (χ3v) is 3.30. The van der Waals surface area contributed by atoms with Gasteiger partial charge in [-0.05, 0) is 24.3 Å². The molecule has 0 saturated carbocycles. The molecule has 0 radical (unpaired) electrons. The fourth-order valence-corrected chi connectivity index (χ4v) is 2.12. The molecule has 2 heterocycles. The Kier molecular flexibility index (Phi) is 4.07. The van der Waals surface area contributed by atoms with Crippen LogP contribution in [0.15, 0.2) is 60.0 Å². The van der Waals surface area contributed by atoms with Crippen LogP contribution in [0.2, 0.25) is 5.15 Å². The monoisotopic (exact) mass is 310 g/mol. The van der Waals surface area contributed by atoms with E-state index in [0.717, 1.165) is 10.9 Å². The molecular formula is C16H11ClN4O. The molecule has 2 aromatic heterocycles. The van der Waals surface area contributed by atoms with Crippen molar-refractivity contribution in [3.05, 3.63) is 71.1 Å². The van der Waals surface area contributed by atoms with Crippen LogP contribution in [0.3, 0.4) is 0 Å². The Labute approximate surface area is 131 Å². The molecule has 1 aromatic carbocycles. The minimum absolute atomic E-state index is 0.332. The van der Waals surface area contributed by atoms with Gasteiger partial charge in [-0.25, -0.2) is 10.4 Å². The standard InChI is InChI=1S/C16H11ClN4O/c17-15-13(8-11-4-1-2-6-14(11)20-15)10-19-21-16(22)12-5-3-7-18-9-12/h1-10H,(H,21,22)/b19-10+. The van der Waals surface area contributed by atoms with Gasteiger partial charge in [0, 0.05) is 23.3 Å². The summed E-state index contributed by atoms with van der Waals surface area (Å²) < 4.78 is 0. The van der Waals surface area contributed by atoms with E-state index in [1.807, 2.05) is 30.3 Å².